The highest BCUT2D eigenvalue weighted by Crippen LogP contribution is 2.43. The fourth-order valence-electron chi connectivity index (χ4n) is 2.43. The first-order valence-corrected chi connectivity index (χ1v) is 7.69. The molecule has 1 unspecified atom stereocenters. The second kappa shape index (κ2) is 5.39. The number of hydrogen-bond acceptors (Lipinski definition) is 3. The highest BCUT2D eigenvalue weighted by molar-refractivity contribution is 9.11. The molecule has 0 bridgehead atoms. The van der Waals surface area contributed by atoms with E-state index in [1.165, 1.54) is 33.5 Å². The molecular formula is C13H20BrNOS. The summed E-state index contributed by atoms with van der Waals surface area (Å²) in [5, 5.41) is 3.43. The maximum absolute atomic E-state index is 5.72. The van der Waals surface area contributed by atoms with Gasteiger partial charge in [0.15, 0.2) is 0 Å². The van der Waals surface area contributed by atoms with E-state index in [4.69, 9.17) is 4.74 Å². The molecule has 4 heteroatoms. The molecule has 0 aliphatic heterocycles. The number of halogens is 1. The third-order valence-electron chi connectivity index (χ3n) is 3.84. The second-order valence-corrected chi connectivity index (χ2v) is 7.29. The zero-order valence-electron chi connectivity index (χ0n) is 10.7. The Morgan fingerprint density at radius 1 is 1.59 bits per heavy atom. The minimum Gasteiger partial charge on any atom is -0.378 e. The van der Waals surface area contributed by atoms with Crippen LogP contribution in [0, 0.1) is 6.92 Å². The van der Waals surface area contributed by atoms with Crippen molar-refractivity contribution in [3.8, 4) is 0 Å². The molecule has 0 saturated heterocycles. The first kappa shape index (κ1) is 13.5. The predicted molar refractivity (Wildman–Crippen MR) is 76.8 cm³/mol. The number of hydrogen-bond donors (Lipinski definition) is 1. The largest absolute Gasteiger partial charge is 0.378 e. The molecule has 1 N–H and O–H groups in total. The fraction of sp³-hybridized carbons (Fsp3) is 0.692. The summed E-state index contributed by atoms with van der Waals surface area (Å²) in [6.07, 6.45) is 4.78. The van der Waals surface area contributed by atoms with Gasteiger partial charge >= 0.3 is 0 Å². The van der Waals surface area contributed by atoms with E-state index in [2.05, 4.69) is 34.2 Å². The lowest BCUT2D eigenvalue weighted by atomic mass is 9.75. The Balaban J connectivity index is 2.11. The molecule has 1 heterocycles. The van der Waals surface area contributed by atoms with Gasteiger partial charge in [-0.25, -0.2) is 0 Å². The van der Waals surface area contributed by atoms with Gasteiger partial charge < -0.3 is 10.1 Å². The molecule has 1 aliphatic rings. The molecule has 1 saturated carbocycles. The average molecular weight is 318 g/mol. The van der Waals surface area contributed by atoms with E-state index in [9.17, 15) is 0 Å². The van der Waals surface area contributed by atoms with E-state index in [1.54, 1.807) is 0 Å². The third-order valence-corrected chi connectivity index (χ3v) is 6.09. The summed E-state index contributed by atoms with van der Waals surface area (Å²) in [6, 6.07) is 2.68. The second-order valence-electron chi connectivity index (χ2n) is 4.89. The van der Waals surface area contributed by atoms with Gasteiger partial charge in [-0.3, -0.25) is 0 Å². The van der Waals surface area contributed by atoms with Crippen LogP contribution in [0.25, 0.3) is 0 Å². The Morgan fingerprint density at radius 3 is 2.65 bits per heavy atom. The lowest BCUT2D eigenvalue weighted by molar-refractivity contribution is -0.0832. The summed E-state index contributed by atoms with van der Waals surface area (Å²) < 4.78 is 6.96. The zero-order valence-corrected chi connectivity index (χ0v) is 13.1. The monoisotopic (exact) mass is 317 g/mol. The van der Waals surface area contributed by atoms with Crippen molar-refractivity contribution in [2.75, 3.05) is 14.2 Å². The molecule has 2 rings (SSSR count). The fourth-order valence-corrected chi connectivity index (χ4v) is 4.12. The van der Waals surface area contributed by atoms with Crippen molar-refractivity contribution >= 4 is 27.3 Å². The first-order chi connectivity index (χ1) is 8.10. The number of rotatable bonds is 5. The summed E-state index contributed by atoms with van der Waals surface area (Å²) in [5.74, 6) is 0. The number of thiophene rings is 1. The standard InChI is InChI=1S/C13H20BrNOS/c1-9-7-11(17-12(9)14)10(15-2)8-13(16-3)5-4-6-13/h7,10,15H,4-6,8H2,1-3H3. The van der Waals surface area contributed by atoms with Crippen LogP contribution < -0.4 is 5.32 Å². The van der Waals surface area contributed by atoms with E-state index < -0.39 is 0 Å². The molecule has 1 aliphatic carbocycles. The van der Waals surface area contributed by atoms with Crippen LogP contribution >= 0.6 is 27.3 Å². The van der Waals surface area contributed by atoms with Crippen LogP contribution in [0.1, 0.15) is 42.2 Å². The number of methoxy groups -OCH3 is 1. The van der Waals surface area contributed by atoms with Crippen molar-refractivity contribution in [2.24, 2.45) is 0 Å². The van der Waals surface area contributed by atoms with Crippen molar-refractivity contribution in [3.63, 3.8) is 0 Å². The van der Waals surface area contributed by atoms with E-state index in [1.807, 2.05) is 25.5 Å². The smallest absolute Gasteiger partial charge is 0.0731 e. The molecule has 2 nitrogen and oxygen atoms in total. The molecule has 1 fully saturated rings. The van der Waals surface area contributed by atoms with Crippen molar-refractivity contribution in [3.05, 3.63) is 20.3 Å². The molecule has 1 aromatic heterocycles. The van der Waals surface area contributed by atoms with E-state index in [0.717, 1.165) is 6.42 Å². The molecule has 0 amide bonds. The number of nitrogens with one attached hydrogen (secondary N) is 1. The Hall–Kier alpha value is 0.1000. The summed E-state index contributed by atoms with van der Waals surface area (Å²) in [5.41, 5.74) is 1.45. The molecule has 1 atom stereocenters. The summed E-state index contributed by atoms with van der Waals surface area (Å²) in [6.45, 7) is 2.15. The maximum atomic E-state index is 5.72. The molecule has 0 aromatic carbocycles. The van der Waals surface area contributed by atoms with Crippen molar-refractivity contribution < 1.29 is 4.74 Å². The Labute approximate surface area is 116 Å². The lowest BCUT2D eigenvalue weighted by Gasteiger charge is -2.42. The normalized spacial score (nSPS) is 20.0. The van der Waals surface area contributed by atoms with Crippen LogP contribution in [0.15, 0.2) is 9.85 Å². The molecule has 17 heavy (non-hydrogen) atoms. The quantitative estimate of drug-likeness (QED) is 0.885. The number of ether oxygens (including phenoxy) is 1. The zero-order chi connectivity index (χ0) is 12.5. The summed E-state index contributed by atoms with van der Waals surface area (Å²) >= 11 is 5.43. The van der Waals surface area contributed by atoms with Crippen molar-refractivity contribution in [2.45, 2.75) is 44.2 Å². The van der Waals surface area contributed by atoms with Gasteiger partial charge in [0, 0.05) is 18.0 Å². The number of aryl methyl sites for hydroxylation is 1. The van der Waals surface area contributed by atoms with Gasteiger partial charge in [0.25, 0.3) is 0 Å². The van der Waals surface area contributed by atoms with Gasteiger partial charge in [-0.2, -0.15) is 0 Å². The van der Waals surface area contributed by atoms with Gasteiger partial charge in [-0.05, 0) is 67.2 Å². The van der Waals surface area contributed by atoms with Gasteiger partial charge in [-0.15, -0.1) is 11.3 Å². The Morgan fingerprint density at radius 2 is 2.29 bits per heavy atom. The van der Waals surface area contributed by atoms with E-state index >= 15 is 0 Å². The van der Waals surface area contributed by atoms with Crippen molar-refractivity contribution in [1.82, 2.24) is 5.32 Å². The van der Waals surface area contributed by atoms with E-state index in [-0.39, 0.29) is 5.60 Å². The maximum Gasteiger partial charge on any atom is 0.0731 e. The molecule has 96 valence electrons. The van der Waals surface area contributed by atoms with Gasteiger partial charge in [0.05, 0.1) is 9.39 Å². The summed E-state index contributed by atoms with van der Waals surface area (Å²) in [7, 11) is 3.89. The lowest BCUT2D eigenvalue weighted by Crippen LogP contribution is -2.42. The topological polar surface area (TPSA) is 21.3 Å². The minimum absolute atomic E-state index is 0.123. The summed E-state index contributed by atoms with van der Waals surface area (Å²) in [4.78, 5) is 1.40. The van der Waals surface area contributed by atoms with Gasteiger partial charge in [0.1, 0.15) is 0 Å². The Kier molecular flexibility index (Phi) is 4.29. The SMILES string of the molecule is CNC(CC1(OC)CCC1)c1cc(C)c(Br)s1. The van der Waals surface area contributed by atoms with Crippen LogP contribution in [0.3, 0.4) is 0 Å². The van der Waals surface area contributed by atoms with Gasteiger partial charge in [0.2, 0.25) is 0 Å². The highest BCUT2D eigenvalue weighted by atomic mass is 79.9. The molecule has 0 radical (unpaired) electrons. The minimum atomic E-state index is 0.123. The van der Waals surface area contributed by atoms with Crippen LogP contribution in [0.4, 0.5) is 0 Å². The third kappa shape index (κ3) is 2.75. The van der Waals surface area contributed by atoms with Crippen LogP contribution in [-0.2, 0) is 4.74 Å². The molecule has 0 spiro atoms. The van der Waals surface area contributed by atoms with Crippen LogP contribution in [0.2, 0.25) is 0 Å². The Bertz CT molecular complexity index is 362. The van der Waals surface area contributed by atoms with Crippen LogP contribution in [-0.4, -0.2) is 19.8 Å². The molecular weight excluding hydrogens is 298 g/mol. The van der Waals surface area contributed by atoms with Gasteiger partial charge in [-0.1, -0.05) is 0 Å². The van der Waals surface area contributed by atoms with Crippen molar-refractivity contribution in [1.29, 1.82) is 0 Å². The highest BCUT2D eigenvalue weighted by Gasteiger charge is 2.39. The average Bonchev–Trinajstić information content (AvgIpc) is 2.59. The van der Waals surface area contributed by atoms with Crippen LogP contribution in [0.5, 0.6) is 0 Å². The van der Waals surface area contributed by atoms with E-state index in [0.29, 0.717) is 6.04 Å². The molecule has 1 aromatic rings. The predicted octanol–water partition coefficient (Wildman–Crippen LogP) is 4.04. The first-order valence-electron chi connectivity index (χ1n) is 6.08.